The van der Waals surface area contributed by atoms with Crippen molar-refractivity contribution < 1.29 is 4.79 Å². The van der Waals surface area contributed by atoms with Crippen LogP contribution in [0.3, 0.4) is 0 Å². The zero-order chi connectivity index (χ0) is 23.2. The van der Waals surface area contributed by atoms with Crippen LogP contribution in [0.25, 0.3) is 5.69 Å². The van der Waals surface area contributed by atoms with Crippen LogP contribution < -0.4 is 16.0 Å². The molecule has 0 unspecified atom stereocenters. The average molecular weight is 450 g/mol. The molecular formula is C23H18N10O. The van der Waals surface area contributed by atoms with Crippen molar-refractivity contribution >= 4 is 34.7 Å². The van der Waals surface area contributed by atoms with Gasteiger partial charge in [-0.3, -0.25) is 4.79 Å². The van der Waals surface area contributed by atoms with Crippen LogP contribution in [0.15, 0.2) is 91.6 Å². The molecule has 5 rings (SSSR count). The Morgan fingerprint density at radius 3 is 2.35 bits per heavy atom. The summed E-state index contributed by atoms with van der Waals surface area (Å²) >= 11 is 0. The number of amides is 1. The predicted molar refractivity (Wildman–Crippen MR) is 126 cm³/mol. The SMILES string of the molecule is O=C(Nc1ccc(Nc2cc(Nc3ccccn3)ncn2)cc1)c1cccc(-n2cnnn2)c1. The lowest BCUT2D eigenvalue weighted by Crippen LogP contribution is -2.12. The monoisotopic (exact) mass is 450 g/mol. The van der Waals surface area contributed by atoms with Crippen LogP contribution in [-0.4, -0.2) is 41.1 Å². The van der Waals surface area contributed by atoms with E-state index >= 15 is 0 Å². The molecule has 0 aliphatic heterocycles. The molecule has 1 amide bonds. The summed E-state index contributed by atoms with van der Waals surface area (Å²) in [4.78, 5) is 25.4. The minimum Gasteiger partial charge on any atom is -0.340 e. The number of carbonyl (C=O) groups is 1. The second kappa shape index (κ2) is 9.53. The van der Waals surface area contributed by atoms with Gasteiger partial charge in [0.15, 0.2) is 0 Å². The summed E-state index contributed by atoms with van der Waals surface area (Å²) in [6.07, 6.45) is 4.64. The number of nitrogens with zero attached hydrogens (tertiary/aromatic N) is 7. The van der Waals surface area contributed by atoms with Crippen molar-refractivity contribution in [3.05, 3.63) is 97.2 Å². The number of pyridine rings is 1. The Morgan fingerprint density at radius 1 is 0.765 bits per heavy atom. The van der Waals surface area contributed by atoms with Crippen molar-refractivity contribution in [1.82, 2.24) is 35.2 Å². The van der Waals surface area contributed by atoms with Gasteiger partial charge in [-0.2, -0.15) is 0 Å². The minimum absolute atomic E-state index is 0.239. The molecule has 0 radical (unpaired) electrons. The van der Waals surface area contributed by atoms with E-state index in [9.17, 15) is 4.79 Å². The molecule has 3 heterocycles. The average Bonchev–Trinajstić information content (AvgIpc) is 3.41. The first-order valence-electron chi connectivity index (χ1n) is 10.2. The van der Waals surface area contributed by atoms with Crippen LogP contribution in [0.2, 0.25) is 0 Å². The molecule has 0 fully saturated rings. The lowest BCUT2D eigenvalue weighted by atomic mass is 10.2. The van der Waals surface area contributed by atoms with Crippen molar-refractivity contribution in [1.29, 1.82) is 0 Å². The molecule has 3 aromatic heterocycles. The largest absolute Gasteiger partial charge is 0.340 e. The van der Waals surface area contributed by atoms with Gasteiger partial charge in [0, 0.05) is 29.2 Å². The van der Waals surface area contributed by atoms with E-state index in [1.807, 2.05) is 36.4 Å². The molecule has 11 nitrogen and oxygen atoms in total. The number of carbonyl (C=O) groups excluding carboxylic acids is 1. The summed E-state index contributed by atoms with van der Waals surface area (Å²) in [6, 6.07) is 21.7. The summed E-state index contributed by atoms with van der Waals surface area (Å²) in [7, 11) is 0. The first-order chi connectivity index (χ1) is 16.7. The van der Waals surface area contributed by atoms with Crippen molar-refractivity contribution in [3.63, 3.8) is 0 Å². The first-order valence-corrected chi connectivity index (χ1v) is 10.2. The van der Waals surface area contributed by atoms with E-state index in [0.717, 1.165) is 5.69 Å². The highest BCUT2D eigenvalue weighted by Crippen LogP contribution is 2.20. The lowest BCUT2D eigenvalue weighted by Gasteiger charge is -2.10. The highest BCUT2D eigenvalue weighted by Gasteiger charge is 2.09. The van der Waals surface area contributed by atoms with Gasteiger partial charge in [0.25, 0.3) is 5.91 Å². The number of aromatic nitrogens is 7. The zero-order valence-electron chi connectivity index (χ0n) is 17.7. The maximum Gasteiger partial charge on any atom is 0.255 e. The van der Waals surface area contributed by atoms with Gasteiger partial charge in [-0.05, 0) is 65.0 Å². The van der Waals surface area contributed by atoms with E-state index < -0.39 is 0 Å². The van der Waals surface area contributed by atoms with Crippen LogP contribution in [0.1, 0.15) is 10.4 Å². The third-order valence-corrected chi connectivity index (χ3v) is 4.73. The third kappa shape index (κ3) is 4.99. The molecule has 0 aliphatic rings. The highest BCUT2D eigenvalue weighted by atomic mass is 16.1. The van der Waals surface area contributed by atoms with Crippen LogP contribution >= 0.6 is 0 Å². The number of nitrogens with one attached hydrogen (secondary N) is 3. The molecule has 5 aromatic rings. The van der Waals surface area contributed by atoms with Gasteiger partial charge in [-0.1, -0.05) is 12.1 Å². The summed E-state index contributed by atoms with van der Waals surface area (Å²) in [6.45, 7) is 0. The molecule has 0 aliphatic carbocycles. The van der Waals surface area contributed by atoms with Gasteiger partial charge in [-0.25, -0.2) is 19.6 Å². The standard InChI is InChI=1S/C23H18N10O/c34-23(16-4-3-5-19(12-16)33-15-27-31-32-33)29-18-9-7-17(8-10-18)28-21-13-22(26-14-25-21)30-20-6-1-2-11-24-20/h1-15H,(H,29,34)(H2,24,25,26,28,30). The summed E-state index contributed by atoms with van der Waals surface area (Å²) < 4.78 is 1.49. The van der Waals surface area contributed by atoms with E-state index in [-0.39, 0.29) is 5.91 Å². The third-order valence-electron chi connectivity index (χ3n) is 4.73. The summed E-state index contributed by atoms with van der Waals surface area (Å²) in [5.74, 6) is 1.68. The molecule has 0 saturated carbocycles. The molecule has 166 valence electrons. The van der Waals surface area contributed by atoms with E-state index in [1.54, 1.807) is 42.6 Å². The summed E-state index contributed by atoms with van der Waals surface area (Å²) in [5, 5.41) is 20.3. The molecule has 3 N–H and O–H groups in total. The topological polar surface area (TPSA) is 135 Å². The zero-order valence-corrected chi connectivity index (χ0v) is 17.7. The molecule has 2 aromatic carbocycles. The van der Waals surface area contributed by atoms with Gasteiger partial charge < -0.3 is 16.0 Å². The van der Waals surface area contributed by atoms with Crippen molar-refractivity contribution in [2.45, 2.75) is 0 Å². The number of tetrazole rings is 1. The Hall–Kier alpha value is -5.19. The molecule has 0 atom stereocenters. The molecule has 0 spiro atoms. The Morgan fingerprint density at radius 2 is 1.59 bits per heavy atom. The predicted octanol–water partition coefficient (Wildman–Crippen LogP) is 3.59. The van der Waals surface area contributed by atoms with Gasteiger partial charge in [0.2, 0.25) is 0 Å². The number of hydrogen-bond acceptors (Lipinski definition) is 9. The van der Waals surface area contributed by atoms with Crippen LogP contribution in [0, 0.1) is 0 Å². The second-order valence-corrected chi connectivity index (χ2v) is 7.09. The van der Waals surface area contributed by atoms with Crippen molar-refractivity contribution in [3.8, 4) is 5.69 Å². The normalized spacial score (nSPS) is 10.5. The van der Waals surface area contributed by atoms with Gasteiger partial charge >= 0.3 is 0 Å². The van der Waals surface area contributed by atoms with E-state index in [4.69, 9.17) is 0 Å². The number of anilines is 5. The quantitative estimate of drug-likeness (QED) is 0.340. The minimum atomic E-state index is -0.239. The molecule has 0 saturated heterocycles. The molecule has 34 heavy (non-hydrogen) atoms. The van der Waals surface area contributed by atoms with E-state index in [0.29, 0.717) is 34.4 Å². The Kier molecular flexibility index (Phi) is 5.80. The Balaban J connectivity index is 1.23. The number of hydrogen-bond donors (Lipinski definition) is 3. The van der Waals surface area contributed by atoms with Gasteiger partial charge in [0.1, 0.15) is 30.1 Å². The molecular weight excluding hydrogens is 432 g/mol. The molecule has 0 bridgehead atoms. The highest BCUT2D eigenvalue weighted by molar-refractivity contribution is 6.04. The maximum absolute atomic E-state index is 12.7. The van der Waals surface area contributed by atoms with Gasteiger partial charge in [0.05, 0.1) is 5.69 Å². The van der Waals surface area contributed by atoms with Gasteiger partial charge in [-0.15, -0.1) is 5.10 Å². The lowest BCUT2D eigenvalue weighted by molar-refractivity contribution is 0.102. The summed E-state index contributed by atoms with van der Waals surface area (Å²) in [5.41, 5.74) is 2.65. The van der Waals surface area contributed by atoms with Crippen LogP contribution in [0.5, 0.6) is 0 Å². The van der Waals surface area contributed by atoms with E-state index in [2.05, 4.69) is 46.4 Å². The number of benzene rings is 2. The fraction of sp³-hybridized carbons (Fsp3) is 0. The van der Waals surface area contributed by atoms with E-state index in [1.165, 1.54) is 17.3 Å². The Bertz CT molecular complexity index is 1390. The number of rotatable bonds is 7. The Labute approximate surface area is 193 Å². The maximum atomic E-state index is 12.7. The van der Waals surface area contributed by atoms with Crippen LogP contribution in [-0.2, 0) is 0 Å². The fourth-order valence-corrected chi connectivity index (χ4v) is 3.12. The fourth-order valence-electron chi connectivity index (χ4n) is 3.12. The second-order valence-electron chi connectivity index (χ2n) is 7.09. The van der Waals surface area contributed by atoms with Crippen LogP contribution in [0.4, 0.5) is 28.8 Å². The smallest absolute Gasteiger partial charge is 0.255 e. The first kappa shape index (κ1) is 20.7. The van der Waals surface area contributed by atoms with Crippen molar-refractivity contribution in [2.24, 2.45) is 0 Å². The molecule has 11 heteroatoms. The van der Waals surface area contributed by atoms with Crippen molar-refractivity contribution in [2.75, 3.05) is 16.0 Å².